The Hall–Kier alpha value is -1.40. The van der Waals surface area contributed by atoms with Crippen molar-refractivity contribution in [3.8, 4) is 0 Å². The van der Waals surface area contributed by atoms with Gasteiger partial charge in [-0.3, -0.25) is 9.69 Å². The minimum atomic E-state index is -0.667. The van der Waals surface area contributed by atoms with Crippen molar-refractivity contribution in [2.75, 3.05) is 12.3 Å². The molecule has 0 bridgehead atoms. The van der Waals surface area contributed by atoms with E-state index in [4.69, 9.17) is 23.1 Å². The van der Waals surface area contributed by atoms with Gasteiger partial charge in [-0.1, -0.05) is 6.42 Å². The van der Waals surface area contributed by atoms with Gasteiger partial charge in [-0.2, -0.15) is 0 Å². The van der Waals surface area contributed by atoms with E-state index in [1.807, 2.05) is 0 Å². The highest BCUT2D eigenvalue weighted by Crippen LogP contribution is 2.36. The number of nitrogen functional groups attached to an aromatic ring is 1. The van der Waals surface area contributed by atoms with Crippen LogP contribution in [0.4, 0.5) is 5.82 Å². The third-order valence-corrected chi connectivity index (χ3v) is 4.72. The maximum Gasteiger partial charge on any atom is 0.254 e. The Balaban J connectivity index is 0.000000160. The van der Waals surface area contributed by atoms with Gasteiger partial charge < -0.3 is 11.5 Å². The van der Waals surface area contributed by atoms with E-state index in [0.717, 1.165) is 6.04 Å². The molecular weight excluding hydrogens is 302 g/mol. The van der Waals surface area contributed by atoms with Crippen LogP contribution < -0.4 is 11.5 Å². The maximum absolute atomic E-state index is 10.6. The van der Waals surface area contributed by atoms with Crippen molar-refractivity contribution in [1.29, 1.82) is 0 Å². The van der Waals surface area contributed by atoms with Gasteiger partial charge in [0, 0.05) is 17.8 Å². The van der Waals surface area contributed by atoms with Gasteiger partial charge in [0.2, 0.25) is 5.28 Å². The van der Waals surface area contributed by atoms with E-state index < -0.39 is 5.91 Å². The second-order valence-electron chi connectivity index (χ2n) is 6.50. The van der Waals surface area contributed by atoms with E-state index in [2.05, 4.69) is 28.7 Å². The van der Waals surface area contributed by atoms with Crippen molar-refractivity contribution in [3.05, 3.63) is 17.0 Å². The Kier molecular flexibility index (Phi) is 5.24. The fourth-order valence-electron chi connectivity index (χ4n) is 3.41. The van der Waals surface area contributed by atoms with Crippen molar-refractivity contribution in [3.63, 3.8) is 0 Å². The van der Waals surface area contributed by atoms with Crippen LogP contribution in [0.3, 0.4) is 0 Å². The molecule has 1 unspecified atom stereocenters. The molecule has 1 aromatic rings. The van der Waals surface area contributed by atoms with E-state index in [1.54, 1.807) is 0 Å². The first-order valence-electron chi connectivity index (χ1n) is 7.66. The van der Waals surface area contributed by atoms with Crippen LogP contribution in [0.1, 0.15) is 56.3 Å². The number of halogens is 1. The molecule has 1 atom stereocenters. The molecule has 1 aromatic heterocycles. The number of hydrogen-bond acceptors (Lipinski definition) is 5. The van der Waals surface area contributed by atoms with Crippen molar-refractivity contribution in [1.82, 2.24) is 14.9 Å². The number of carbonyl (C=O) groups is 1. The van der Waals surface area contributed by atoms with Gasteiger partial charge in [0.25, 0.3) is 5.91 Å². The zero-order valence-corrected chi connectivity index (χ0v) is 13.9. The van der Waals surface area contributed by atoms with Crippen molar-refractivity contribution < 1.29 is 4.79 Å². The fourth-order valence-corrected chi connectivity index (χ4v) is 3.55. The molecule has 0 radical (unpaired) electrons. The Bertz CT molecular complexity index is 549. The van der Waals surface area contributed by atoms with Gasteiger partial charge in [-0.05, 0) is 57.7 Å². The zero-order valence-electron chi connectivity index (χ0n) is 13.2. The third-order valence-electron chi connectivity index (χ3n) is 4.53. The number of aromatic nitrogens is 2. The van der Waals surface area contributed by atoms with E-state index in [1.165, 1.54) is 44.8 Å². The van der Waals surface area contributed by atoms with E-state index in [9.17, 15) is 4.79 Å². The van der Waals surface area contributed by atoms with Crippen LogP contribution in [0.2, 0.25) is 5.28 Å². The average Bonchev–Trinajstić information content (AvgIpc) is 2.88. The molecule has 4 N–H and O–H groups in total. The molecule has 0 aromatic carbocycles. The number of fused-ring (bicyclic) bond motifs is 1. The van der Waals surface area contributed by atoms with E-state index in [0.29, 0.717) is 5.54 Å². The summed E-state index contributed by atoms with van der Waals surface area (Å²) in [6.45, 7) is 6.17. The lowest BCUT2D eigenvalue weighted by Gasteiger charge is -2.44. The molecule has 22 heavy (non-hydrogen) atoms. The summed E-state index contributed by atoms with van der Waals surface area (Å²) >= 11 is 5.37. The Morgan fingerprint density at radius 2 is 2.09 bits per heavy atom. The third kappa shape index (κ3) is 3.87. The average molecular weight is 326 g/mol. The van der Waals surface area contributed by atoms with Crippen LogP contribution in [0.5, 0.6) is 0 Å². The number of anilines is 1. The number of amides is 1. The molecule has 122 valence electrons. The molecule has 2 aliphatic rings. The summed E-state index contributed by atoms with van der Waals surface area (Å²) < 4.78 is 0. The second kappa shape index (κ2) is 6.79. The summed E-state index contributed by atoms with van der Waals surface area (Å²) in [6, 6.07) is 0.943. The number of piperidine rings is 1. The molecular formula is C15H24ClN5O. The summed E-state index contributed by atoms with van der Waals surface area (Å²) in [5.41, 5.74) is 10.8. The fraction of sp³-hybridized carbons (Fsp3) is 0.667. The molecule has 2 fully saturated rings. The van der Waals surface area contributed by atoms with Crippen LogP contribution in [0.15, 0.2) is 6.20 Å². The first-order valence-corrected chi connectivity index (χ1v) is 8.03. The molecule has 0 aliphatic carbocycles. The van der Waals surface area contributed by atoms with Crippen LogP contribution >= 0.6 is 11.6 Å². The molecule has 2 aliphatic heterocycles. The standard InChI is InChI=1S/C10H19N.C5H5ClN4O/c1-10(2)7-3-5-9-6-4-8-11(9)10;6-5-9-1-2(4(8)11)3(7)10-5/h9H,3-8H2,1-2H3;1H,(H2,8,11)(H2,7,9,10). The van der Waals surface area contributed by atoms with E-state index >= 15 is 0 Å². The lowest BCUT2D eigenvalue weighted by Crippen LogP contribution is -2.49. The molecule has 3 rings (SSSR count). The van der Waals surface area contributed by atoms with Crippen molar-refractivity contribution in [2.24, 2.45) is 5.73 Å². The highest BCUT2D eigenvalue weighted by molar-refractivity contribution is 6.28. The summed E-state index contributed by atoms with van der Waals surface area (Å²) in [5.74, 6) is -0.670. The molecule has 1 amide bonds. The van der Waals surface area contributed by atoms with Crippen molar-refractivity contribution >= 4 is 23.3 Å². The van der Waals surface area contributed by atoms with Gasteiger partial charge in [0.15, 0.2) is 0 Å². The van der Waals surface area contributed by atoms with Gasteiger partial charge >= 0.3 is 0 Å². The number of rotatable bonds is 1. The molecule has 0 saturated carbocycles. The van der Waals surface area contributed by atoms with Gasteiger partial charge in [0.05, 0.1) is 5.56 Å². The maximum atomic E-state index is 10.6. The number of hydrogen-bond donors (Lipinski definition) is 2. The largest absolute Gasteiger partial charge is 0.383 e. The lowest BCUT2D eigenvalue weighted by atomic mass is 9.87. The normalized spacial score (nSPS) is 23.3. The Morgan fingerprint density at radius 3 is 2.68 bits per heavy atom. The lowest BCUT2D eigenvalue weighted by molar-refractivity contribution is 0.0567. The Morgan fingerprint density at radius 1 is 1.41 bits per heavy atom. The van der Waals surface area contributed by atoms with E-state index in [-0.39, 0.29) is 16.7 Å². The summed E-state index contributed by atoms with van der Waals surface area (Å²) in [5, 5.41) is -0.00694. The SMILES string of the molecule is CC1(C)CCCC2CCCN21.NC(=O)c1cnc(Cl)nc1N. The molecule has 3 heterocycles. The minimum absolute atomic E-state index is 0.00231. The predicted molar refractivity (Wildman–Crippen MR) is 87.6 cm³/mol. The zero-order chi connectivity index (χ0) is 16.3. The van der Waals surface area contributed by atoms with Crippen LogP contribution in [-0.4, -0.2) is 38.9 Å². The highest BCUT2D eigenvalue weighted by atomic mass is 35.5. The Labute approximate surface area is 136 Å². The summed E-state index contributed by atoms with van der Waals surface area (Å²) in [4.78, 5) is 20.3. The quantitative estimate of drug-likeness (QED) is 0.771. The first kappa shape index (κ1) is 17.0. The molecule has 2 saturated heterocycles. The number of carbonyl (C=O) groups excluding carboxylic acids is 1. The first-order chi connectivity index (χ1) is 10.3. The monoisotopic (exact) mass is 325 g/mol. The topological polar surface area (TPSA) is 98.1 Å². The molecule has 0 spiro atoms. The highest BCUT2D eigenvalue weighted by Gasteiger charge is 2.38. The second-order valence-corrected chi connectivity index (χ2v) is 6.83. The molecule has 6 nitrogen and oxygen atoms in total. The van der Waals surface area contributed by atoms with Crippen molar-refractivity contribution in [2.45, 2.75) is 57.5 Å². The van der Waals surface area contributed by atoms with Gasteiger partial charge in [-0.15, -0.1) is 0 Å². The van der Waals surface area contributed by atoms with Crippen LogP contribution in [-0.2, 0) is 0 Å². The number of nitrogens with zero attached hydrogens (tertiary/aromatic N) is 3. The number of nitrogens with two attached hydrogens (primary N) is 2. The van der Waals surface area contributed by atoms with Crippen LogP contribution in [0, 0.1) is 0 Å². The molecule has 7 heteroatoms. The number of primary amides is 1. The minimum Gasteiger partial charge on any atom is -0.383 e. The van der Waals surface area contributed by atoms with Gasteiger partial charge in [-0.25, -0.2) is 9.97 Å². The smallest absolute Gasteiger partial charge is 0.254 e. The summed E-state index contributed by atoms with van der Waals surface area (Å²) in [7, 11) is 0. The summed E-state index contributed by atoms with van der Waals surface area (Å²) in [6.07, 6.45) is 8.41. The van der Waals surface area contributed by atoms with Gasteiger partial charge in [0.1, 0.15) is 5.82 Å². The predicted octanol–water partition coefficient (Wildman–Crippen LogP) is 2.22. The van der Waals surface area contributed by atoms with Crippen LogP contribution in [0.25, 0.3) is 0 Å².